The Morgan fingerprint density at radius 3 is 2.50 bits per heavy atom. The van der Waals surface area contributed by atoms with Gasteiger partial charge in [0.15, 0.2) is 5.60 Å². The van der Waals surface area contributed by atoms with Crippen molar-refractivity contribution in [1.29, 1.82) is 0 Å². The van der Waals surface area contributed by atoms with E-state index >= 15 is 0 Å². The number of rotatable bonds is 4. The molecule has 7 heteroatoms. The highest BCUT2D eigenvalue weighted by atomic mass is 16.5. The minimum Gasteiger partial charge on any atom is -0.478 e. The first-order chi connectivity index (χ1) is 12.3. The lowest BCUT2D eigenvalue weighted by Gasteiger charge is -2.38. The van der Waals surface area contributed by atoms with Crippen LogP contribution in [0.2, 0.25) is 0 Å². The molecule has 0 bridgehead atoms. The highest BCUT2D eigenvalue weighted by Gasteiger charge is 2.41. The van der Waals surface area contributed by atoms with Crippen molar-refractivity contribution in [1.82, 2.24) is 0 Å². The highest BCUT2D eigenvalue weighted by molar-refractivity contribution is 6.08. The van der Waals surface area contributed by atoms with Gasteiger partial charge in [0.25, 0.3) is 5.91 Å². The number of hydrogen-bond acceptors (Lipinski definition) is 4. The van der Waals surface area contributed by atoms with E-state index in [-0.39, 0.29) is 29.7 Å². The zero-order chi connectivity index (χ0) is 18.9. The summed E-state index contributed by atoms with van der Waals surface area (Å²) in [6, 6.07) is 13.1. The number of carbonyl (C=O) groups excluding carboxylic acids is 2. The van der Waals surface area contributed by atoms with Crippen LogP contribution in [0.1, 0.15) is 24.2 Å². The first-order valence-electron chi connectivity index (χ1n) is 8.01. The van der Waals surface area contributed by atoms with Crippen molar-refractivity contribution in [2.75, 3.05) is 16.8 Å². The molecule has 1 aliphatic heterocycles. The third-order valence-corrected chi connectivity index (χ3v) is 3.98. The molecule has 0 unspecified atom stereocenters. The molecule has 2 aromatic carbocycles. The number of nitrogens with one attached hydrogen (secondary N) is 1. The van der Waals surface area contributed by atoms with Crippen LogP contribution in [0.5, 0.6) is 5.75 Å². The lowest BCUT2D eigenvalue weighted by atomic mass is 10.0. The highest BCUT2D eigenvalue weighted by Crippen LogP contribution is 2.38. The van der Waals surface area contributed by atoms with Gasteiger partial charge in [0.1, 0.15) is 12.3 Å². The molecule has 1 heterocycles. The number of fused-ring (bicyclic) bond motifs is 1. The number of hydrogen-bond donors (Lipinski definition) is 2. The molecule has 134 valence electrons. The number of benzene rings is 2. The molecule has 0 radical (unpaired) electrons. The number of anilines is 2. The third kappa shape index (κ3) is 3.37. The summed E-state index contributed by atoms with van der Waals surface area (Å²) >= 11 is 0. The van der Waals surface area contributed by atoms with E-state index in [0.717, 1.165) is 0 Å². The van der Waals surface area contributed by atoms with Crippen LogP contribution in [0, 0.1) is 0 Å². The lowest BCUT2D eigenvalue weighted by molar-refractivity contribution is -0.133. The molecule has 1 aliphatic rings. The van der Waals surface area contributed by atoms with Crippen molar-refractivity contribution in [2.45, 2.75) is 19.4 Å². The van der Waals surface area contributed by atoms with Crippen molar-refractivity contribution >= 4 is 29.2 Å². The zero-order valence-corrected chi connectivity index (χ0v) is 14.4. The van der Waals surface area contributed by atoms with Crippen molar-refractivity contribution in [3.8, 4) is 5.75 Å². The monoisotopic (exact) mass is 354 g/mol. The molecule has 0 spiro atoms. The van der Waals surface area contributed by atoms with Gasteiger partial charge in [-0.05, 0) is 44.2 Å². The van der Waals surface area contributed by atoms with Gasteiger partial charge in [-0.3, -0.25) is 14.5 Å². The number of para-hydroxylation sites is 1. The summed E-state index contributed by atoms with van der Waals surface area (Å²) in [6.45, 7) is 2.95. The van der Waals surface area contributed by atoms with Crippen LogP contribution in [-0.2, 0) is 9.59 Å². The number of ether oxygens (including phenoxy) is 1. The van der Waals surface area contributed by atoms with Gasteiger partial charge in [-0.25, -0.2) is 4.79 Å². The van der Waals surface area contributed by atoms with Gasteiger partial charge in [-0.2, -0.15) is 0 Å². The Morgan fingerprint density at radius 1 is 1.15 bits per heavy atom. The largest absolute Gasteiger partial charge is 0.478 e. The van der Waals surface area contributed by atoms with Crippen molar-refractivity contribution in [3.63, 3.8) is 0 Å². The van der Waals surface area contributed by atoms with Crippen LogP contribution in [0.25, 0.3) is 0 Å². The van der Waals surface area contributed by atoms with Crippen LogP contribution >= 0.6 is 0 Å². The fraction of sp³-hybridized carbons (Fsp3) is 0.211. The predicted octanol–water partition coefficient (Wildman–Crippen LogP) is 2.53. The summed E-state index contributed by atoms with van der Waals surface area (Å²) in [5, 5.41) is 11.9. The van der Waals surface area contributed by atoms with Gasteiger partial charge in [0, 0.05) is 5.69 Å². The minimum atomic E-state index is -1.21. The molecule has 2 aromatic rings. The topological polar surface area (TPSA) is 95.9 Å². The van der Waals surface area contributed by atoms with Gasteiger partial charge < -0.3 is 15.2 Å². The van der Waals surface area contributed by atoms with Crippen LogP contribution < -0.4 is 15.0 Å². The van der Waals surface area contributed by atoms with Crippen molar-refractivity contribution in [3.05, 3.63) is 54.1 Å². The minimum absolute atomic E-state index is 0.0441. The first kappa shape index (κ1) is 17.5. The Morgan fingerprint density at radius 2 is 1.85 bits per heavy atom. The maximum atomic E-state index is 12.7. The molecule has 7 nitrogen and oxygen atoms in total. The van der Waals surface area contributed by atoms with Crippen molar-refractivity contribution in [2.24, 2.45) is 0 Å². The second kappa shape index (κ2) is 6.51. The average Bonchev–Trinajstić information content (AvgIpc) is 2.59. The molecule has 2 N–H and O–H groups in total. The molecule has 26 heavy (non-hydrogen) atoms. The summed E-state index contributed by atoms with van der Waals surface area (Å²) in [5.41, 5.74) is -0.180. The summed E-state index contributed by atoms with van der Waals surface area (Å²) in [4.78, 5) is 37.6. The molecule has 0 aromatic heterocycles. The number of aromatic carboxylic acids is 1. The molecule has 0 atom stereocenters. The summed E-state index contributed by atoms with van der Waals surface area (Å²) in [5.74, 6) is -1.59. The number of amides is 2. The van der Waals surface area contributed by atoms with Gasteiger partial charge in [0.05, 0.1) is 11.3 Å². The van der Waals surface area contributed by atoms with Gasteiger partial charge in [0.2, 0.25) is 5.91 Å². The number of carboxylic acid groups (broad SMARTS) is 1. The van der Waals surface area contributed by atoms with E-state index in [1.807, 2.05) is 6.07 Å². The summed E-state index contributed by atoms with van der Waals surface area (Å²) in [6.07, 6.45) is 0. The molecule has 0 saturated carbocycles. The Kier molecular flexibility index (Phi) is 4.38. The zero-order valence-electron chi connectivity index (χ0n) is 14.4. The smallest absolute Gasteiger partial charge is 0.335 e. The van der Waals surface area contributed by atoms with E-state index in [0.29, 0.717) is 11.4 Å². The fourth-order valence-corrected chi connectivity index (χ4v) is 2.73. The maximum Gasteiger partial charge on any atom is 0.335 e. The summed E-state index contributed by atoms with van der Waals surface area (Å²) in [7, 11) is 0. The number of nitrogens with zero attached hydrogens (tertiary/aromatic N) is 1. The normalized spacial score (nSPS) is 15.0. The average molecular weight is 354 g/mol. The predicted molar refractivity (Wildman–Crippen MR) is 95.5 cm³/mol. The van der Waals surface area contributed by atoms with E-state index in [1.54, 1.807) is 38.1 Å². The molecule has 0 saturated heterocycles. The van der Waals surface area contributed by atoms with E-state index in [9.17, 15) is 14.4 Å². The first-order valence-corrected chi connectivity index (χ1v) is 8.01. The standard InChI is InChI=1S/C19H18N2O5/c1-19(2)18(25)21(11-16(22)20-13-6-4-3-5-7-13)14-9-8-12(17(23)24)10-15(14)26-19/h3-10H,11H2,1-2H3,(H,20,22)(H,23,24). The molecular weight excluding hydrogens is 336 g/mol. The second-order valence-electron chi connectivity index (χ2n) is 6.41. The van der Waals surface area contributed by atoms with E-state index in [4.69, 9.17) is 9.84 Å². The molecule has 3 rings (SSSR count). The summed E-state index contributed by atoms with van der Waals surface area (Å²) < 4.78 is 5.67. The van der Waals surface area contributed by atoms with Crippen LogP contribution in [0.3, 0.4) is 0 Å². The Balaban J connectivity index is 1.89. The Labute approximate surface area is 150 Å². The Bertz CT molecular complexity index is 877. The Hall–Kier alpha value is -3.35. The molecule has 0 aliphatic carbocycles. The van der Waals surface area contributed by atoms with Crippen molar-refractivity contribution < 1.29 is 24.2 Å². The SMILES string of the molecule is CC1(C)Oc2cc(C(=O)O)ccc2N(CC(=O)Nc2ccccc2)C1=O. The third-order valence-electron chi connectivity index (χ3n) is 3.98. The lowest BCUT2D eigenvalue weighted by Crippen LogP contribution is -2.54. The number of carboxylic acids is 1. The maximum absolute atomic E-state index is 12.7. The fourth-order valence-electron chi connectivity index (χ4n) is 2.73. The quantitative estimate of drug-likeness (QED) is 0.880. The van der Waals surface area contributed by atoms with E-state index in [2.05, 4.69) is 5.32 Å². The van der Waals surface area contributed by atoms with Crippen LogP contribution in [0.4, 0.5) is 11.4 Å². The van der Waals surface area contributed by atoms with Gasteiger partial charge in [-0.1, -0.05) is 18.2 Å². The van der Waals surface area contributed by atoms with E-state index in [1.165, 1.54) is 23.1 Å². The number of carbonyl (C=O) groups is 3. The van der Waals surface area contributed by atoms with Gasteiger partial charge in [-0.15, -0.1) is 0 Å². The van der Waals surface area contributed by atoms with Crippen LogP contribution in [-0.4, -0.2) is 35.0 Å². The molecule has 0 fully saturated rings. The van der Waals surface area contributed by atoms with Crippen LogP contribution in [0.15, 0.2) is 48.5 Å². The molecular formula is C19H18N2O5. The van der Waals surface area contributed by atoms with E-state index < -0.39 is 11.6 Å². The second-order valence-corrected chi connectivity index (χ2v) is 6.41. The van der Waals surface area contributed by atoms with Gasteiger partial charge >= 0.3 is 5.97 Å². The molecule has 2 amide bonds.